The molecular formula is C28H20ClNO3. The van der Waals surface area contributed by atoms with Gasteiger partial charge in [-0.25, -0.2) is 0 Å². The average molecular weight is 454 g/mol. The zero-order chi connectivity index (χ0) is 22.8. The van der Waals surface area contributed by atoms with Crippen LogP contribution in [0.1, 0.15) is 32.4 Å². The van der Waals surface area contributed by atoms with Crippen molar-refractivity contribution in [2.75, 3.05) is 4.90 Å². The molecule has 1 aliphatic rings. The second-order valence-electron chi connectivity index (χ2n) is 7.77. The van der Waals surface area contributed by atoms with Gasteiger partial charge in [0.25, 0.3) is 5.91 Å². The molecule has 1 amide bonds. The van der Waals surface area contributed by atoms with Crippen molar-refractivity contribution in [3.8, 4) is 5.75 Å². The van der Waals surface area contributed by atoms with E-state index in [-0.39, 0.29) is 11.7 Å². The highest BCUT2D eigenvalue weighted by Crippen LogP contribution is 2.39. The van der Waals surface area contributed by atoms with Crippen molar-refractivity contribution >= 4 is 29.0 Å². The van der Waals surface area contributed by atoms with Gasteiger partial charge in [0.1, 0.15) is 11.8 Å². The average Bonchev–Trinajstić information content (AvgIpc) is 2.87. The minimum absolute atomic E-state index is 0.176. The first-order chi connectivity index (χ1) is 16.1. The molecule has 4 aromatic carbocycles. The number of anilines is 1. The number of Topliss-reactive ketones (excluding diaryl/α,β-unsaturated/α-hetero) is 1. The zero-order valence-electron chi connectivity index (χ0n) is 17.6. The Bertz CT molecular complexity index is 1290. The first kappa shape index (κ1) is 21.0. The molecule has 33 heavy (non-hydrogen) atoms. The van der Waals surface area contributed by atoms with E-state index in [2.05, 4.69) is 0 Å². The maximum atomic E-state index is 13.9. The summed E-state index contributed by atoms with van der Waals surface area (Å²) in [6, 6.07) is 31.6. The van der Waals surface area contributed by atoms with Crippen molar-refractivity contribution in [1.82, 2.24) is 0 Å². The molecule has 0 bridgehead atoms. The number of ether oxygens (including phenoxy) is 1. The van der Waals surface area contributed by atoms with Crippen LogP contribution in [0.15, 0.2) is 109 Å². The summed E-state index contributed by atoms with van der Waals surface area (Å²) >= 11 is 6.11. The molecule has 0 N–H and O–H groups in total. The Balaban J connectivity index is 1.70. The van der Waals surface area contributed by atoms with Gasteiger partial charge in [-0.1, -0.05) is 72.3 Å². The van der Waals surface area contributed by atoms with Crippen molar-refractivity contribution in [1.29, 1.82) is 0 Å². The van der Waals surface area contributed by atoms with Crippen LogP contribution in [0.4, 0.5) is 5.69 Å². The van der Waals surface area contributed by atoms with Crippen molar-refractivity contribution in [3.63, 3.8) is 0 Å². The van der Waals surface area contributed by atoms with E-state index >= 15 is 0 Å². The number of benzene rings is 4. The predicted molar refractivity (Wildman–Crippen MR) is 129 cm³/mol. The highest BCUT2D eigenvalue weighted by molar-refractivity contribution is 6.30. The van der Waals surface area contributed by atoms with E-state index < -0.39 is 12.1 Å². The minimum Gasteiger partial charge on any atom is -0.482 e. The van der Waals surface area contributed by atoms with E-state index in [1.165, 1.54) is 0 Å². The van der Waals surface area contributed by atoms with Gasteiger partial charge in [-0.3, -0.25) is 14.5 Å². The Kier molecular flexibility index (Phi) is 5.68. The van der Waals surface area contributed by atoms with Crippen LogP contribution in [0.2, 0.25) is 5.02 Å². The van der Waals surface area contributed by atoms with Crippen LogP contribution in [-0.4, -0.2) is 17.7 Å². The number of amides is 1. The topological polar surface area (TPSA) is 46.6 Å². The number of hydrogen-bond donors (Lipinski definition) is 0. The summed E-state index contributed by atoms with van der Waals surface area (Å²) in [7, 11) is 0. The molecule has 0 aromatic heterocycles. The number of carbonyl (C=O) groups is 2. The molecule has 1 aliphatic heterocycles. The van der Waals surface area contributed by atoms with E-state index in [0.717, 1.165) is 5.56 Å². The molecule has 2 atom stereocenters. The Morgan fingerprint density at radius 2 is 1.36 bits per heavy atom. The molecular weight excluding hydrogens is 434 g/mol. The highest BCUT2D eigenvalue weighted by atomic mass is 35.5. The Morgan fingerprint density at radius 1 is 0.758 bits per heavy atom. The molecule has 1 heterocycles. The lowest BCUT2D eigenvalue weighted by Crippen LogP contribution is -2.52. The lowest BCUT2D eigenvalue weighted by Gasteiger charge is -2.39. The second-order valence-corrected chi connectivity index (χ2v) is 8.21. The Hall–Kier alpha value is -3.89. The molecule has 0 saturated carbocycles. The SMILES string of the molecule is O=C1c2ccccc2OC(c2ccc(Cl)cc2)C1N(C(=O)c1ccccc1)c1ccccc1. The molecule has 162 valence electrons. The van der Waals surface area contributed by atoms with Gasteiger partial charge in [-0.15, -0.1) is 0 Å². The number of ketones is 1. The van der Waals surface area contributed by atoms with Gasteiger partial charge in [-0.2, -0.15) is 0 Å². The number of nitrogens with zero attached hydrogens (tertiary/aromatic N) is 1. The van der Waals surface area contributed by atoms with Gasteiger partial charge in [-0.05, 0) is 54.1 Å². The molecule has 0 spiro atoms. The van der Waals surface area contributed by atoms with Crippen molar-refractivity contribution in [2.24, 2.45) is 0 Å². The smallest absolute Gasteiger partial charge is 0.259 e. The van der Waals surface area contributed by atoms with Crippen LogP contribution in [0.5, 0.6) is 5.75 Å². The molecule has 0 aliphatic carbocycles. The zero-order valence-corrected chi connectivity index (χ0v) is 18.4. The van der Waals surface area contributed by atoms with Crippen molar-refractivity contribution in [2.45, 2.75) is 12.1 Å². The maximum Gasteiger partial charge on any atom is 0.259 e. The highest BCUT2D eigenvalue weighted by Gasteiger charge is 2.44. The fraction of sp³-hybridized carbons (Fsp3) is 0.0714. The Labute approximate surface area is 197 Å². The molecule has 2 unspecified atom stereocenters. The lowest BCUT2D eigenvalue weighted by atomic mass is 9.89. The largest absolute Gasteiger partial charge is 0.482 e. The van der Waals surface area contributed by atoms with Crippen molar-refractivity contribution in [3.05, 3.63) is 131 Å². The van der Waals surface area contributed by atoms with E-state index in [0.29, 0.717) is 27.6 Å². The van der Waals surface area contributed by atoms with Gasteiger partial charge < -0.3 is 4.74 Å². The number of carbonyl (C=O) groups excluding carboxylic acids is 2. The fourth-order valence-electron chi connectivity index (χ4n) is 4.14. The van der Waals surface area contributed by atoms with Crippen LogP contribution in [0, 0.1) is 0 Å². The number of rotatable bonds is 4. The predicted octanol–water partition coefficient (Wildman–Crippen LogP) is 6.37. The third kappa shape index (κ3) is 4.01. The summed E-state index contributed by atoms with van der Waals surface area (Å²) in [4.78, 5) is 29.3. The summed E-state index contributed by atoms with van der Waals surface area (Å²) in [6.07, 6.45) is -0.711. The van der Waals surface area contributed by atoms with E-state index in [9.17, 15) is 9.59 Å². The van der Waals surface area contributed by atoms with Crippen LogP contribution < -0.4 is 9.64 Å². The minimum atomic E-state index is -0.906. The number of hydrogen-bond acceptors (Lipinski definition) is 3. The van der Waals surface area contributed by atoms with Gasteiger partial charge in [0.2, 0.25) is 0 Å². The lowest BCUT2D eigenvalue weighted by molar-refractivity contribution is 0.0730. The summed E-state index contributed by atoms with van der Waals surface area (Å²) < 4.78 is 6.37. The molecule has 4 nitrogen and oxygen atoms in total. The maximum absolute atomic E-state index is 13.9. The number of fused-ring (bicyclic) bond motifs is 1. The molecule has 0 saturated heterocycles. The van der Waals surface area contributed by atoms with Gasteiger partial charge in [0.15, 0.2) is 11.9 Å². The van der Waals surface area contributed by atoms with E-state index in [1.807, 2.05) is 66.7 Å². The van der Waals surface area contributed by atoms with E-state index in [4.69, 9.17) is 16.3 Å². The third-order valence-electron chi connectivity index (χ3n) is 5.71. The third-order valence-corrected chi connectivity index (χ3v) is 5.96. The summed E-state index contributed by atoms with van der Waals surface area (Å²) in [5.74, 6) is 0.0471. The fourth-order valence-corrected chi connectivity index (χ4v) is 4.27. The molecule has 4 aromatic rings. The van der Waals surface area contributed by atoms with Crippen molar-refractivity contribution < 1.29 is 14.3 Å². The molecule has 5 rings (SSSR count). The first-order valence-electron chi connectivity index (χ1n) is 10.6. The molecule has 0 radical (unpaired) electrons. The standard InChI is InChI=1S/C28H20ClNO3/c29-21-17-15-19(16-18-21)27-25(26(31)23-13-7-8-14-24(23)33-27)30(22-11-5-2-6-12-22)28(32)20-9-3-1-4-10-20/h1-18,25,27H. The van der Waals surface area contributed by atoms with E-state index in [1.54, 1.807) is 47.4 Å². The molecule has 5 heteroatoms. The van der Waals surface area contributed by atoms with Crippen LogP contribution in [-0.2, 0) is 0 Å². The Morgan fingerprint density at radius 3 is 2.06 bits per heavy atom. The summed E-state index contributed by atoms with van der Waals surface area (Å²) in [5, 5.41) is 0.582. The van der Waals surface area contributed by atoms with Gasteiger partial charge >= 0.3 is 0 Å². The summed E-state index contributed by atoms with van der Waals surface area (Å²) in [5.41, 5.74) is 2.32. The quantitative estimate of drug-likeness (QED) is 0.360. The van der Waals surface area contributed by atoms with Gasteiger partial charge in [0, 0.05) is 16.3 Å². The summed E-state index contributed by atoms with van der Waals surface area (Å²) in [6.45, 7) is 0. The number of para-hydroxylation sites is 2. The molecule has 0 fully saturated rings. The first-order valence-corrected chi connectivity index (χ1v) is 11.0. The van der Waals surface area contributed by atoms with Crippen LogP contribution in [0.25, 0.3) is 0 Å². The van der Waals surface area contributed by atoms with Gasteiger partial charge in [0.05, 0.1) is 5.56 Å². The second kappa shape index (κ2) is 8.93. The van der Waals surface area contributed by atoms with Crippen LogP contribution >= 0.6 is 11.6 Å². The monoisotopic (exact) mass is 453 g/mol. The normalized spacial score (nSPS) is 17.1. The number of halogens is 1. The van der Waals surface area contributed by atoms with Crippen LogP contribution in [0.3, 0.4) is 0 Å².